The van der Waals surface area contributed by atoms with E-state index < -0.39 is 0 Å². The summed E-state index contributed by atoms with van der Waals surface area (Å²) in [5.41, 5.74) is 0. The molecule has 19 heavy (non-hydrogen) atoms. The van der Waals surface area contributed by atoms with Crippen LogP contribution in [0.4, 0.5) is 0 Å². The van der Waals surface area contributed by atoms with Crippen molar-refractivity contribution in [1.82, 2.24) is 0 Å². The molecule has 114 valence electrons. The van der Waals surface area contributed by atoms with Crippen molar-refractivity contribution in [2.24, 2.45) is 5.92 Å². The Kier molecular flexibility index (Phi) is 13.4. The zero-order chi connectivity index (χ0) is 14.3. The molecule has 0 amide bonds. The zero-order valence-corrected chi connectivity index (χ0v) is 13.1. The summed E-state index contributed by atoms with van der Waals surface area (Å²) in [6.45, 7) is 5.55. The Morgan fingerprint density at radius 1 is 0.947 bits per heavy atom. The molecule has 1 unspecified atom stereocenters. The van der Waals surface area contributed by atoms with E-state index in [4.69, 9.17) is 9.47 Å². The minimum absolute atomic E-state index is 0.0759. The van der Waals surface area contributed by atoms with E-state index in [1.165, 1.54) is 44.9 Å². The number of esters is 1. The van der Waals surface area contributed by atoms with E-state index >= 15 is 0 Å². The lowest BCUT2D eigenvalue weighted by molar-refractivity contribution is -0.143. The van der Waals surface area contributed by atoms with Crippen molar-refractivity contribution in [3.05, 3.63) is 0 Å². The molecule has 0 fully saturated rings. The van der Waals surface area contributed by atoms with Crippen LogP contribution in [0, 0.1) is 5.92 Å². The number of carbonyl (C=O) groups excluding carboxylic acids is 1. The van der Waals surface area contributed by atoms with Gasteiger partial charge in [0.05, 0.1) is 6.61 Å². The fourth-order valence-corrected chi connectivity index (χ4v) is 2.20. The predicted molar refractivity (Wildman–Crippen MR) is 79.2 cm³/mol. The van der Waals surface area contributed by atoms with Gasteiger partial charge in [0.1, 0.15) is 0 Å². The molecule has 0 bridgehead atoms. The molecule has 0 saturated heterocycles. The molecule has 3 heteroatoms. The van der Waals surface area contributed by atoms with Crippen LogP contribution in [0.3, 0.4) is 0 Å². The van der Waals surface area contributed by atoms with Gasteiger partial charge in [0.25, 0.3) is 0 Å². The van der Waals surface area contributed by atoms with Crippen molar-refractivity contribution < 1.29 is 14.3 Å². The highest BCUT2D eigenvalue weighted by Gasteiger charge is 2.07. The van der Waals surface area contributed by atoms with Crippen molar-refractivity contribution in [2.45, 2.75) is 71.6 Å². The number of rotatable bonds is 13. The molecule has 0 aliphatic heterocycles. The fourth-order valence-electron chi connectivity index (χ4n) is 2.20. The van der Waals surface area contributed by atoms with Crippen LogP contribution in [0.2, 0.25) is 0 Å². The molecule has 0 saturated carbocycles. The van der Waals surface area contributed by atoms with Gasteiger partial charge in [-0.2, -0.15) is 0 Å². The van der Waals surface area contributed by atoms with E-state index in [0.717, 1.165) is 13.0 Å². The normalized spacial score (nSPS) is 12.4. The van der Waals surface area contributed by atoms with E-state index in [1.54, 1.807) is 7.11 Å². The first-order valence-electron chi connectivity index (χ1n) is 7.89. The van der Waals surface area contributed by atoms with Crippen LogP contribution in [0.1, 0.15) is 71.6 Å². The SMILES string of the molecule is CCC(=O)OCCC(CC)CCCCCCCOC. The lowest BCUT2D eigenvalue weighted by atomic mass is 9.95. The summed E-state index contributed by atoms with van der Waals surface area (Å²) in [5, 5.41) is 0. The van der Waals surface area contributed by atoms with Crippen LogP contribution in [-0.4, -0.2) is 26.3 Å². The summed E-state index contributed by atoms with van der Waals surface area (Å²) in [4.78, 5) is 11.0. The summed E-state index contributed by atoms with van der Waals surface area (Å²) in [5.74, 6) is 0.636. The van der Waals surface area contributed by atoms with Gasteiger partial charge in [-0.3, -0.25) is 4.79 Å². The highest BCUT2D eigenvalue weighted by atomic mass is 16.5. The topological polar surface area (TPSA) is 35.5 Å². The maximum atomic E-state index is 11.0. The maximum Gasteiger partial charge on any atom is 0.305 e. The monoisotopic (exact) mass is 272 g/mol. The molecule has 0 aliphatic rings. The fraction of sp³-hybridized carbons (Fsp3) is 0.938. The predicted octanol–water partition coefficient (Wildman–Crippen LogP) is 4.34. The molecule has 1 atom stereocenters. The molecule has 0 aromatic carbocycles. The average Bonchev–Trinajstić information content (AvgIpc) is 2.44. The van der Waals surface area contributed by atoms with Crippen molar-refractivity contribution in [2.75, 3.05) is 20.3 Å². The van der Waals surface area contributed by atoms with E-state index in [-0.39, 0.29) is 5.97 Å². The average molecular weight is 272 g/mol. The van der Waals surface area contributed by atoms with Crippen LogP contribution in [0.25, 0.3) is 0 Å². The van der Waals surface area contributed by atoms with Gasteiger partial charge >= 0.3 is 5.97 Å². The number of methoxy groups -OCH3 is 1. The number of carbonyl (C=O) groups is 1. The van der Waals surface area contributed by atoms with Crippen LogP contribution in [0.15, 0.2) is 0 Å². The quantitative estimate of drug-likeness (QED) is 0.369. The summed E-state index contributed by atoms with van der Waals surface area (Å²) in [6.07, 6.45) is 10.3. The number of hydrogen-bond acceptors (Lipinski definition) is 3. The van der Waals surface area contributed by atoms with Gasteiger partial charge in [-0.05, 0) is 18.8 Å². The van der Waals surface area contributed by atoms with Gasteiger partial charge < -0.3 is 9.47 Å². The van der Waals surface area contributed by atoms with Gasteiger partial charge in [0.15, 0.2) is 0 Å². The summed E-state index contributed by atoms with van der Waals surface area (Å²) >= 11 is 0. The molecular weight excluding hydrogens is 240 g/mol. The highest BCUT2D eigenvalue weighted by molar-refractivity contribution is 5.68. The minimum atomic E-state index is -0.0759. The molecule has 0 aromatic heterocycles. The summed E-state index contributed by atoms with van der Waals surface area (Å²) < 4.78 is 10.2. The third-order valence-electron chi connectivity index (χ3n) is 3.62. The van der Waals surface area contributed by atoms with Crippen LogP contribution >= 0.6 is 0 Å². The molecule has 3 nitrogen and oxygen atoms in total. The van der Waals surface area contributed by atoms with E-state index in [9.17, 15) is 4.79 Å². The Labute approximate surface area is 119 Å². The second-order valence-electron chi connectivity index (χ2n) is 5.19. The molecule has 0 rings (SSSR count). The largest absolute Gasteiger partial charge is 0.466 e. The molecule has 0 spiro atoms. The third-order valence-corrected chi connectivity index (χ3v) is 3.62. The highest BCUT2D eigenvalue weighted by Crippen LogP contribution is 2.18. The second kappa shape index (κ2) is 13.9. The minimum Gasteiger partial charge on any atom is -0.466 e. The lowest BCUT2D eigenvalue weighted by Crippen LogP contribution is -2.09. The Morgan fingerprint density at radius 3 is 2.26 bits per heavy atom. The van der Waals surface area contributed by atoms with Gasteiger partial charge in [0.2, 0.25) is 0 Å². The van der Waals surface area contributed by atoms with Gasteiger partial charge in [-0.1, -0.05) is 52.4 Å². The number of unbranched alkanes of at least 4 members (excludes halogenated alkanes) is 4. The molecule has 0 aromatic rings. The Balaban J connectivity index is 3.41. The Bertz CT molecular complexity index is 204. The van der Waals surface area contributed by atoms with E-state index in [1.807, 2.05) is 6.92 Å². The first-order chi connectivity index (χ1) is 9.24. The van der Waals surface area contributed by atoms with Crippen molar-refractivity contribution >= 4 is 5.97 Å². The second-order valence-corrected chi connectivity index (χ2v) is 5.19. The molecule has 0 N–H and O–H groups in total. The van der Waals surface area contributed by atoms with Crippen molar-refractivity contribution in [1.29, 1.82) is 0 Å². The first kappa shape index (κ1) is 18.4. The van der Waals surface area contributed by atoms with E-state index in [2.05, 4.69) is 6.92 Å². The van der Waals surface area contributed by atoms with Crippen LogP contribution < -0.4 is 0 Å². The third kappa shape index (κ3) is 12.2. The number of hydrogen-bond donors (Lipinski definition) is 0. The van der Waals surface area contributed by atoms with Gasteiger partial charge in [-0.15, -0.1) is 0 Å². The van der Waals surface area contributed by atoms with E-state index in [0.29, 0.717) is 18.9 Å². The molecular formula is C16H32O3. The molecule has 0 aliphatic carbocycles. The summed E-state index contributed by atoms with van der Waals surface area (Å²) in [7, 11) is 1.76. The van der Waals surface area contributed by atoms with Crippen molar-refractivity contribution in [3.63, 3.8) is 0 Å². The lowest BCUT2D eigenvalue weighted by Gasteiger charge is -2.14. The molecule has 0 heterocycles. The number of ether oxygens (including phenoxy) is 2. The van der Waals surface area contributed by atoms with Gasteiger partial charge in [0, 0.05) is 20.1 Å². The first-order valence-corrected chi connectivity index (χ1v) is 7.89. The summed E-state index contributed by atoms with van der Waals surface area (Å²) in [6, 6.07) is 0. The molecule has 0 radical (unpaired) electrons. The maximum absolute atomic E-state index is 11.0. The Hall–Kier alpha value is -0.570. The van der Waals surface area contributed by atoms with Crippen LogP contribution in [-0.2, 0) is 14.3 Å². The van der Waals surface area contributed by atoms with Gasteiger partial charge in [-0.25, -0.2) is 0 Å². The van der Waals surface area contributed by atoms with Crippen LogP contribution in [0.5, 0.6) is 0 Å². The smallest absolute Gasteiger partial charge is 0.305 e. The van der Waals surface area contributed by atoms with Crippen molar-refractivity contribution in [3.8, 4) is 0 Å². The Morgan fingerprint density at radius 2 is 1.63 bits per heavy atom. The zero-order valence-electron chi connectivity index (χ0n) is 13.1. The standard InChI is InChI=1S/C16H32O3/c1-4-15(12-14-19-16(17)5-2)11-9-7-6-8-10-13-18-3/h15H,4-14H2,1-3H3.